The van der Waals surface area contributed by atoms with E-state index in [-0.39, 0.29) is 63.4 Å². The molecule has 2 aromatic rings. The Bertz CT molecular complexity index is 2550. The number of carbonyl (C=O) groups excluding carboxylic acids is 2. The van der Waals surface area contributed by atoms with Crippen molar-refractivity contribution in [3.63, 3.8) is 0 Å². The molecule has 5 aliphatic carbocycles. The van der Waals surface area contributed by atoms with E-state index in [1.807, 2.05) is 0 Å². The minimum Gasteiger partial charge on any atom is -0.870 e. The van der Waals surface area contributed by atoms with Gasteiger partial charge in [-0.1, -0.05) is 77.3 Å². The topological polar surface area (TPSA) is 161 Å². The van der Waals surface area contributed by atoms with E-state index in [1.165, 1.54) is 76.3 Å². The maximum atomic E-state index is 14.6. The molecule has 8 atom stereocenters. The fourth-order valence-corrected chi connectivity index (χ4v) is 13.2. The Morgan fingerprint density at radius 1 is 0.879 bits per heavy atom. The minimum absolute atomic E-state index is 0.00271. The summed E-state index contributed by atoms with van der Waals surface area (Å²) in [5, 5.41) is 31.7. The third-order valence-corrected chi connectivity index (χ3v) is 16.7. The number of fused-ring (bicyclic) bond motifs is 7. The Labute approximate surface area is 386 Å². The first-order valence-corrected chi connectivity index (χ1v) is 24.4. The molecular weight excluding hydrogens is 841 g/mol. The lowest BCUT2D eigenvalue weighted by Crippen LogP contribution is -2.51. The number of aromatic carboxylic acids is 1. The minimum atomic E-state index is -1.44. The normalized spacial score (nSPS) is 26.4. The van der Waals surface area contributed by atoms with Crippen LogP contribution in [0.2, 0.25) is 0 Å². The van der Waals surface area contributed by atoms with E-state index in [2.05, 4.69) is 56.6 Å². The van der Waals surface area contributed by atoms with E-state index in [0.717, 1.165) is 85.2 Å². The number of amides is 2. The van der Waals surface area contributed by atoms with Gasteiger partial charge < -0.3 is 30.6 Å². The lowest BCUT2D eigenvalue weighted by Gasteiger charge is -2.58. The highest BCUT2D eigenvalue weighted by Crippen LogP contribution is 2.67. The highest BCUT2D eigenvalue weighted by molar-refractivity contribution is 6.09. The van der Waals surface area contributed by atoms with Crippen molar-refractivity contribution in [1.82, 2.24) is 16.0 Å². The summed E-state index contributed by atoms with van der Waals surface area (Å²) in [5.41, 5.74) is 0.878. The average molecular weight is 907 g/mol. The predicted molar refractivity (Wildman–Crippen MR) is 250 cm³/mol. The average Bonchev–Trinajstić information content (AvgIpc) is 3.63. The van der Waals surface area contributed by atoms with Crippen molar-refractivity contribution in [2.75, 3.05) is 19.6 Å². The van der Waals surface area contributed by atoms with Gasteiger partial charge in [-0.15, -0.1) is 0 Å². The van der Waals surface area contributed by atoms with Gasteiger partial charge in [-0.25, -0.2) is 13.6 Å². The summed E-state index contributed by atoms with van der Waals surface area (Å²) in [7, 11) is 0. The molecule has 8 rings (SSSR count). The van der Waals surface area contributed by atoms with E-state index >= 15 is 0 Å². The van der Waals surface area contributed by atoms with Crippen LogP contribution >= 0.6 is 0 Å². The number of carbonyl (C=O) groups is 3. The van der Waals surface area contributed by atoms with Crippen LogP contribution < -0.4 is 26.5 Å². The monoisotopic (exact) mass is 906 g/mol. The van der Waals surface area contributed by atoms with E-state index in [9.17, 15) is 38.2 Å². The standard InChI is InChI=1S/C54H67F2N3O7/c1-30(2)8-6-9-31(3)40-14-15-41-36-13-11-33-25-34(16-19-53(33,4)42(36)17-20-54(40,41)5)57-21-7-22-58-49(62)18-23-59-51(63)32-10-12-35(37(24-32)52(64)65)50-38-26-43(55)45(60)28-47(38)66-48-29-46(61)44(56)27-39(48)50/h10-12,24,26-31,34,36,40-42,57,60H,6-9,13-23,25H2,1-5H3,(H,58,62)(H,59,63)(H,64,65)/p-1/t31?,34-,36?,40+,41?,42?,53-,54+/m0/s1. The zero-order valence-electron chi connectivity index (χ0n) is 39.1. The zero-order valence-corrected chi connectivity index (χ0v) is 39.1. The molecule has 0 saturated heterocycles. The third kappa shape index (κ3) is 9.28. The largest absolute Gasteiger partial charge is 0.870 e. The molecular formula is C54H66F2N3O7-. The van der Waals surface area contributed by atoms with Crippen LogP contribution in [0, 0.1) is 58.0 Å². The van der Waals surface area contributed by atoms with Gasteiger partial charge in [0.15, 0.2) is 5.82 Å². The van der Waals surface area contributed by atoms with Gasteiger partial charge in [0.1, 0.15) is 17.2 Å². The Morgan fingerprint density at radius 2 is 1.68 bits per heavy atom. The Balaban J connectivity index is 0.799. The van der Waals surface area contributed by atoms with Crippen LogP contribution in [0.4, 0.5) is 8.78 Å². The summed E-state index contributed by atoms with van der Waals surface area (Å²) in [6.07, 6.45) is 17.9. The Kier molecular flexibility index (Phi) is 13.8. The molecule has 4 N–H and O–H groups in total. The van der Waals surface area contributed by atoms with E-state index < -0.39 is 34.7 Å². The maximum absolute atomic E-state index is 14.6. The summed E-state index contributed by atoms with van der Waals surface area (Å²) < 4.78 is 34.8. The van der Waals surface area contributed by atoms with E-state index in [1.54, 1.807) is 5.57 Å². The Hall–Kier alpha value is -5.10. The van der Waals surface area contributed by atoms with Crippen molar-refractivity contribution < 1.29 is 37.8 Å². The van der Waals surface area contributed by atoms with Gasteiger partial charge in [0, 0.05) is 53.7 Å². The number of allylic oxidation sites excluding steroid dienone is 1. The number of benzene rings is 3. The lowest BCUT2D eigenvalue weighted by atomic mass is 9.47. The van der Waals surface area contributed by atoms with Crippen molar-refractivity contribution in [2.45, 2.75) is 124 Å². The smallest absolute Gasteiger partial charge is 0.336 e. The fraction of sp³-hybridized carbons (Fsp3) is 0.556. The molecule has 0 spiro atoms. The molecule has 1 aliphatic heterocycles. The van der Waals surface area contributed by atoms with Crippen molar-refractivity contribution >= 4 is 28.8 Å². The van der Waals surface area contributed by atoms with Crippen LogP contribution in [0.3, 0.4) is 0 Å². The second-order valence-corrected chi connectivity index (χ2v) is 21.0. The number of hydrogen-bond donors (Lipinski definition) is 4. The molecule has 4 unspecified atom stereocenters. The van der Waals surface area contributed by atoms with Gasteiger partial charge in [0.25, 0.3) is 5.91 Å². The predicted octanol–water partition coefficient (Wildman–Crippen LogP) is 10.2. The number of carboxylic acid groups (broad SMARTS) is 1. The summed E-state index contributed by atoms with van der Waals surface area (Å²) in [6.45, 7) is 13.8. The number of carboxylic acids is 1. The van der Waals surface area contributed by atoms with Crippen molar-refractivity contribution in [3.8, 4) is 28.2 Å². The summed E-state index contributed by atoms with van der Waals surface area (Å²) in [4.78, 5) is 50.6. The molecule has 12 heteroatoms. The third-order valence-electron chi connectivity index (χ3n) is 16.7. The van der Waals surface area contributed by atoms with Crippen LogP contribution in [0.1, 0.15) is 139 Å². The fourth-order valence-electron chi connectivity index (χ4n) is 13.2. The molecule has 3 saturated carbocycles. The molecule has 0 radical (unpaired) electrons. The first-order valence-electron chi connectivity index (χ1n) is 24.4. The van der Waals surface area contributed by atoms with E-state index in [0.29, 0.717) is 23.4 Å². The molecule has 0 bridgehead atoms. The first kappa shape index (κ1) is 47.4. The number of nitrogens with one attached hydrogen (secondary N) is 3. The molecule has 2 aromatic carbocycles. The zero-order chi connectivity index (χ0) is 47.1. The van der Waals surface area contributed by atoms with Gasteiger partial charge in [-0.3, -0.25) is 14.4 Å². The SMILES string of the molecule is CC(C)CCCC(C)[C@H]1CCC2C3CC=C4C[C@@H](NCCCNC(=O)CCNC(=O)c5ccc(-c6c7cc(F)c(=O)cc-7oc7cc([O-])c(F)cc67)c(C(=O)O)c5)CC[C@]4(C)C3CC[C@@]21C. The second-order valence-electron chi connectivity index (χ2n) is 21.0. The van der Waals surface area contributed by atoms with Crippen LogP contribution in [0.5, 0.6) is 5.75 Å². The summed E-state index contributed by atoms with van der Waals surface area (Å²) in [6, 6.07) is 7.69. The van der Waals surface area contributed by atoms with E-state index in [4.69, 9.17) is 4.42 Å². The highest BCUT2D eigenvalue weighted by atomic mass is 19.1. The second kappa shape index (κ2) is 19.2. The number of hydrogen-bond acceptors (Lipinski definition) is 7. The van der Waals surface area contributed by atoms with Crippen molar-refractivity contribution in [2.24, 2.45) is 46.3 Å². The van der Waals surface area contributed by atoms with Crippen LogP contribution in [0.15, 0.2) is 63.3 Å². The molecule has 354 valence electrons. The van der Waals surface area contributed by atoms with Crippen LogP contribution in [-0.4, -0.2) is 48.6 Å². The molecule has 0 aromatic heterocycles. The molecule has 6 aliphatic rings. The summed E-state index contributed by atoms with van der Waals surface area (Å²) >= 11 is 0. The highest BCUT2D eigenvalue weighted by Gasteiger charge is 2.59. The Morgan fingerprint density at radius 3 is 2.45 bits per heavy atom. The van der Waals surface area contributed by atoms with Gasteiger partial charge >= 0.3 is 5.97 Å². The molecule has 2 amide bonds. The first-order chi connectivity index (χ1) is 31.5. The van der Waals surface area contributed by atoms with Gasteiger partial charge in [0.2, 0.25) is 11.3 Å². The van der Waals surface area contributed by atoms with Gasteiger partial charge in [-0.2, -0.15) is 0 Å². The van der Waals surface area contributed by atoms with Gasteiger partial charge in [0.05, 0.1) is 5.56 Å². The molecule has 3 fully saturated rings. The molecule has 66 heavy (non-hydrogen) atoms. The summed E-state index contributed by atoms with van der Waals surface area (Å²) in [5.74, 6) is -0.752. The number of halogens is 2. The van der Waals surface area contributed by atoms with Gasteiger partial charge in [-0.05, 0) is 147 Å². The van der Waals surface area contributed by atoms with Crippen LogP contribution in [-0.2, 0) is 4.79 Å². The molecule has 1 heterocycles. The quantitative estimate of drug-likeness (QED) is 0.0491. The van der Waals surface area contributed by atoms with Crippen molar-refractivity contribution in [1.29, 1.82) is 0 Å². The number of rotatable bonds is 16. The van der Waals surface area contributed by atoms with Crippen molar-refractivity contribution in [3.05, 3.63) is 87.1 Å². The lowest BCUT2D eigenvalue weighted by molar-refractivity contribution is -0.272. The van der Waals surface area contributed by atoms with Crippen LogP contribution in [0.25, 0.3) is 33.4 Å². The maximum Gasteiger partial charge on any atom is 0.336 e. The molecule has 10 nitrogen and oxygen atoms in total.